The van der Waals surface area contributed by atoms with Gasteiger partial charge in [0.05, 0.1) is 12.1 Å². The van der Waals surface area contributed by atoms with Crippen LogP contribution in [0.4, 0.5) is 0 Å². The molecule has 19 heavy (non-hydrogen) atoms. The van der Waals surface area contributed by atoms with Crippen LogP contribution in [0.1, 0.15) is 57.8 Å². The Bertz CT molecular complexity index is 362. The molecule has 2 heterocycles. The molecule has 2 atom stereocenters. The Morgan fingerprint density at radius 3 is 3.11 bits per heavy atom. The number of hydrogen-bond donors (Lipinski definition) is 1. The highest BCUT2D eigenvalue weighted by Gasteiger charge is 2.17. The SMILES string of the molecule is CCCNC(C)c1nnnn1CCC1CCCCO1. The third-order valence-electron chi connectivity index (χ3n) is 3.58. The van der Waals surface area contributed by atoms with E-state index in [1.807, 2.05) is 4.68 Å². The number of aromatic nitrogens is 4. The highest BCUT2D eigenvalue weighted by Crippen LogP contribution is 2.17. The highest BCUT2D eigenvalue weighted by molar-refractivity contribution is 4.89. The first-order valence-electron chi connectivity index (χ1n) is 7.42. The van der Waals surface area contributed by atoms with E-state index in [0.717, 1.165) is 38.4 Å². The summed E-state index contributed by atoms with van der Waals surface area (Å²) in [6.45, 7) is 6.99. The molecule has 108 valence electrons. The predicted octanol–water partition coefficient (Wildman–Crippen LogP) is 1.69. The zero-order chi connectivity index (χ0) is 13.5. The average molecular weight is 267 g/mol. The lowest BCUT2D eigenvalue weighted by Crippen LogP contribution is -2.25. The minimum absolute atomic E-state index is 0.197. The van der Waals surface area contributed by atoms with Crippen LogP contribution in [-0.2, 0) is 11.3 Å². The fourth-order valence-electron chi connectivity index (χ4n) is 2.43. The Morgan fingerprint density at radius 1 is 1.47 bits per heavy atom. The maximum absolute atomic E-state index is 5.74. The van der Waals surface area contributed by atoms with Gasteiger partial charge < -0.3 is 10.1 Å². The largest absolute Gasteiger partial charge is 0.378 e. The summed E-state index contributed by atoms with van der Waals surface area (Å²) in [4.78, 5) is 0. The van der Waals surface area contributed by atoms with Gasteiger partial charge in [-0.3, -0.25) is 0 Å². The summed E-state index contributed by atoms with van der Waals surface area (Å²) in [5.41, 5.74) is 0. The van der Waals surface area contributed by atoms with Crippen LogP contribution in [0.15, 0.2) is 0 Å². The summed E-state index contributed by atoms with van der Waals surface area (Å²) >= 11 is 0. The Balaban J connectivity index is 1.84. The van der Waals surface area contributed by atoms with Crippen molar-refractivity contribution in [3.8, 4) is 0 Å². The van der Waals surface area contributed by atoms with E-state index in [-0.39, 0.29) is 6.04 Å². The zero-order valence-electron chi connectivity index (χ0n) is 12.0. The van der Waals surface area contributed by atoms with E-state index in [0.29, 0.717) is 6.10 Å². The second-order valence-corrected chi connectivity index (χ2v) is 5.21. The molecular formula is C13H25N5O. The van der Waals surface area contributed by atoms with Crippen molar-refractivity contribution in [3.63, 3.8) is 0 Å². The molecule has 1 aromatic rings. The smallest absolute Gasteiger partial charge is 0.167 e. The molecule has 6 nitrogen and oxygen atoms in total. The van der Waals surface area contributed by atoms with Gasteiger partial charge in [-0.05, 0) is 56.0 Å². The standard InChI is InChI=1S/C13H25N5O/c1-3-8-14-11(2)13-15-16-17-18(13)9-7-12-6-4-5-10-19-12/h11-12,14H,3-10H2,1-2H3. The highest BCUT2D eigenvalue weighted by atomic mass is 16.5. The van der Waals surface area contributed by atoms with Gasteiger partial charge in [-0.1, -0.05) is 6.92 Å². The second kappa shape index (κ2) is 7.55. The number of rotatable bonds is 7. The number of ether oxygens (including phenoxy) is 1. The Kier molecular flexibility index (Phi) is 5.72. The van der Waals surface area contributed by atoms with Gasteiger partial charge in [-0.2, -0.15) is 0 Å². The fraction of sp³-hybridized carbons (Fsp3) is 0.923. The molecule has 0 radical (unpaired) electrons. The fourth-order valence-corrected chi connectivity index (χ4v) is 2.43. The minimum Gasteiger partial charge on any atom is -0.378 e. The van der Waals surface area contributed by atoms with Crippen LogP contribution in [0.25, 0.3) is 0 Å². The van der Waals surface area contributed by atoms with E-state index in [9.17, 15) is 0 Å². The van der Waals surface area contributed by atoms with E-state index in [2.05, 4.69) is 34.7 Å². The van der Waals surface area contributed by atoms with Crippen molar-refractivity contribution in [1.29, 1.82) is 0 Å². The van der Waals surface area contributed by atoms with E-state index < -0.39 is 0 Å². The van der Waals surface area contributed by atoms with Gasteiger partial charge >= 0.3 is 0 Å². The van der Waals surface area contributed by atoms with Crippen LogP contribution in [0.2, 0.25) is 0 Å². The summed E-state index contributed by atoms with van der Waals surface area (Å²) in [6, 6.07) is 0.197. The Labute approximate surface area is 114 Å². The van der Waals surface area contributed by atoms with Crippen molar-refractivity contribution in [1.82, 2.24) is 25.5 Å². The topological polar surface area (TPSA) is 64.9 Å². The lowest BCUT2D eigenvalue weighted by atomic mass is 10.1. The number of nitrogens with zero attached hydrogens (tertiary/aromatic N) is 4. The van der Waals surface area contributed by atoms with Crippen LogP contribution < -0.4 is 5.32 Å². The molecule has 0 saturated carbocycles. The summed E-state index contributed by atoms with van der Waals surface area (Å²) in [5.74, 6) is 0.921. The van der Waals surface area contributed by atoms with E-state index in [1.165, 1.54) is 19.3 Å². The molecule has 1 aromatic heterocycles. The molecule has 0 amide bonds. The quantitative estimate of drug-likeness (QED) is 0.814. The van der Waals surface area contributed by atoms with Crippen LogP contribution in [0.5, 0.6) is 0 Å². The summed E-state index contributed by atoms with van der Waals surface area (Å²) in [7, 11) is 0. The maximum atomic E-state index is 5.74. The van der Waals surface area contributed by atoms with Gasteiger partial charge in [0.25, 0.3) is 0 Å². The Hall–Kier alpha value is -1.01. The van der Waals surface area contributed by atoms with Crippen LogP contribution in [0.3, 0.4) is 0 Å². The predicted molar refractivity (Wildman–Crippen MR) is 72.7 cm³/mol. The van der Waals surface area contributed by atoms with Crippen LogP contribution in [0, 0.1) is 0 Å². The molecule has 6 heteroatoms. The molecular weight excluding hydrogens is 242 g/mol. The molecule has 0 aromatic carbocycles. The number of tetrazole rings is 1. The lowest BCUT2D eigenvalue weighted by Gasteiger charge is -2.22. The third-order valence-corrected chi connectivity index (χ3v) is 3.58. The Morgan fingerprint density at radius 2 is 2.37 bits per heavy atom. The van der Waals surface area contributed by atoms with E-state index in [4.69, 9.17) is 4.74 Å². The maximum Gasteiger partial charge on any atom is 0.167 e. The van der Waals surface area contributed by atoms with E-state index in [1.54, 1.807) is 0 Å². The number of nitrogens with one attached hydrogen (secondary N) is 1. The molecule has 1 aliphatic rings. The summed E-state index contributed by atoms with van der Waals surface area (Å²) in [6.07, 6.45) is 6.14. The third kappa shape index (κ3) is 4.24. The first kappa shape index (κ1) is 14.4. The van der Waals surface area contributed by atoms with Crippen molar-refractivity contribution in [2.75, 3.05) is 13.2 Å². The number of hydrogen-bond acceptors (Lipinski definition) is 5. The molecule has 1 saturated heterocycles. The van der Waals surface area contributed by atoms with Crippen molar-refractivity contribution in [3.05, 3.63) is 5.82 Å². The van der Waals surface area contributed by atoms with Crippen molar-refractivity contribution in [2.45, 2.75) is 64.6 Å². The van der Waals surface area contributed by atoms with Crippen molar-refractivity contribution < 1.29 is 4.74 Å². The van der Waals surface area contributed by atoms with Crippen LogP contribution >= 0.6 is 0 Å². The first-order chi connectivity index (χ1) is 9.31. The van der Waals surface area contributed by atoms with Gasteiger partial charge in [0.2, 0.25) is 0 Å². The number of aryl methyl sites for hydroxylation is 1. The lowest BCUT2D eigenvalue weighted by molar-refractivity contribution is 0.00801. The molecule has 1 fully saturated rings. The van der Waals surface area contributed by atoms with Gasteiger partial charge in [-0.15, -0.1) is 5.10 Å². The van der Waals surface area contributed by atoms with Gasteiger partial charge in [-0.25, -0.2) is 4.68 Å². The average Bonchev–Trinajstić information content (AvgIpc) is 2.92. The molecule has 0 spiro atoms. The zero-order valence-corrected chi connectivity index (χ0v) is 12.0. The van der Waals surface area contributed by atoms with Crippen molar-refractivity contribution in [2.24, 2.45) is 0 Å². The van der Waals surface area contributed by atoms with Gasteiger partial charge in [0.1, 0.15) is 0 Å². The molecule has 0 aliphatic carbocycles. The molecule has 1 N–H and O–H groups in total. The second-order valence-electron chi connectivity index (χ2n) is 5.21. The summed E-state index contributed by atoms with van der Waals surface area (Å²) < 4.78 is 7.65. The minimum atomic E-state index is 0.197. The normalized spacial score (nSPS) is 21.5. The van der Waals surface area contributed by atoms with E-state index >= 15 is 0 Å². The molecule has 0 bridgehead atoms. The molecule has 2 unspecified atom stereocenters. The summed E-state index contributed by atoms with van der Waals surface area (Å²) in [5, 5.41) is 15.4. The van der Waals surface area contributed by atoms with Crippen molar-refractivity contribution >= 4 is 0 Å². The first-order valence-corrected chi connectivity index (χ1v) is 7.42. The monoisotopic (exact) mass is 267 g/mol. The van der Waals surface area contributed by atoms with Crippen LogP contribution in [-0.4, -0.2) is 39.5 Å². The van der Waals surface area contributed by atoms with Gasteiger partial charge in [0.15, 0.2) is 5.82 Å². The molecule has 2 rings (SSSR count). The van der Waals surface area contributed by atoms with Gasteiger partial charge in [0, 0.05) is 13.2 Å². The molecule has 1 aliphatic heterocycles.